The largest absolute Gasteiger partial charge is 0.338 e. The second-order valence-electron chi connectivity index (χ2n) is 4.62. The van der Waals surface area contributed by atoms with Crippen molar-refractivity contribution in [2.24, 2.45) is 5.92 Å². The van der Waals surface area contributed by atoms with Crippen molar-refractivity contribution < 1.29 is 17.8 Å². The molecule has 1 atom stereocenters. The van der Waals surface area contributed by atoms with E-state index in [0.29, 0.717) is 24.5 Å². The van der Waals surface area contributed by atoms with Gasteiger partial charge in [0.05, 0.1) is 11.7 Å². The molecule has 0 bridgehead atoms. The van der Waals surface area contributed by atoms with E-state index in [0.717, 1.165) is 5.56 Å². The number of carbonyl (C=O) groups excluding carboxylic acids is 1. The molecular weight excluding hydrogens is 290 g/mol. The maximum absolute atomic E-state index is 12.0. The number of carbonyl (C=O) groups is 1. The highest BCUT2D eigenvalue weighted by Crippen LogP contribution is 2.22. The molecule has 1 saturated heterocycles. The monoisotopic (exact) mass is 303 g/mol. The van der Waals surface area contributed by atoms with Gasteiger partial charge in [0.1, 0.15) is 0 Å². The van der Waals surface area contributed by atoms with Gasteiger partial charge in [0.2, 0.25) is 5.91 Å². The molecule has 0 aromatic heterocycles. The Morgan fingerprint density at radius 3 is 2.53 bits per heavy atom. The van der Waals surface area contributed by atoms with Crippen molar-refractivity contribution in [3.8, 4) is 0 Å². The summed E-state index contributed by atoms with van der Waals surface area (Å²) in [4.78, 5) is 13.6. The minimum atomic E-state index is -4.11. The van der Waals surface area contributed by atoms with Crippen molar-refractivity contribution in [3.05, 3.63) is 34.9 Å². The summed E-state index contributed by atoms with van der Waals surface area (Å²) in [6.07, 6.45) is 0.451. The Balaban J connectivity index is 2.00. The third-order valence-corrected chi connectivity index (χ3v) is 4.18. The number of nitrogens with zero attached hydrogens (tertiary/aromatic N) is 1. The molecule has 0 unspecified atom stereocenters. The summed E-state index contributed by atoms with van der Waals surface area (Å²) in [5.41, 5.74) is 0.935. The smallest absolute Gasteiger partial charge is 0.265 e. The maximum Gasteiger partial charge on any atom is 0.265 e. The third-order valence-electron chi connectivity index (χ3n) is 3.11. The van der Waals surface area contributed by atoms with E-state index in [1.54, 1.807) is 17.0 Å². The summed E-state index contributed by atoms with van der Waals surface area (Å²) in [5, 5.41) is 0.626. The highest BCUT2D eigenvalue weighted by Gasteiger charge is 2.34. The molecule has 0 aliphatic carbocycles. The lowest BCUT2D eigenvalue weighted by atomic mass is 10.1. The average molecular weight is 304 g/mol. The molecule has 5 nitrogen and oxygen atoms in total. The van der Waals surface area contributed by atoms with E-state index >= 15 is 0 Å². The van der Waals surface area contributed by atoms with E-state index in [9.17, 15) is 13.2 Å². The highest BCUT2D eigenvalue weighted by molar-refractivity contribution is 7.85. The van der Waals surface area contributed by atoms with E-state index in [-0.39, 0.29) is 5.91 Å². The van der Waals surface area contributed by atoms with Crippen LogP contribution in [0.15, 0.2) is 24.3 Å². The molecule has 1 fully saturated rings. The van der Waals surface area contributed by atoms with Gasteiger partial charge in [-0.1, -0.05) is 23.7 Å². The molecule has 0 radical (unpaired) electrons. The molecule has 1 aromatic carbocycles. The van der Waals surface area contributed by atoms with Crippen LogP contribution in [0.25, 0.3) is 0 Å². The van der Waals surface area contributed by atoms with E-state index in [1.807, 2.05) is 12.1 Å². The minimum absolute atomic E-state index is 0.229. The lowest BCUT2D eigenvalue weighted by Crippen LogP contribution is -2.29. The van der Waals surface area contributed by atoms with Crippen LogP contribution < -0.4 is 0 Å². The second kappa shape index (κ2) is 5.48. The van der Waals surface area contributed by atoms with Crippen molar-refractivity contribution in [1.29, 1.82) is 0 Å². The zero-order valence-electron chi connectivity index (χ0n) is 10.1. The molecule has 1 aliphatic heterocycles. The minimum Gasteiger partial charge on any atom is -0.338 e. The molecule has 0 saturated carbocycles. The molecule has 1 N–H and O–H groups in total. The van der Waals surface area contributed by atoms with Crippen LogP contribution in [0.3, 0.4) is 0 Å². The van der Waals surface area contributed by atoms with Gasteiger partial charge in [0.15, 0.2) is 0 Å². The number of hydrogen-bond acceptors (Lipinski definition) is 3. The Kier molecular flexibility index (Phi) is 4.13. The first-order chi connectivity index (χ1) is 8.85. The van der Waals surface area contributed by atoms with Crippen LogP contribution in [-0.4, -0.2) is 36.1 Å². The molecule has 0 spiro atoms. The number of likely N-dealkylation sites (tertiary alicyclic amines) is 1. The normalized spacial score (nSPS) is 20.0. The maximum atomic E-state index is 12.0. The van der Waals surface area contributed by atoms with Crippen LogP contribution in [0.4, 0.5) is 0 Å². The second-order valence-corrected chi connectivity index (χ2v) is 6.55. The van der Waals surface area contributed by atoms with Gasteiger partial charge in [0, 0.05) is 18.1 Å². The van der Waals surface area contributed by atoms with Gasteiger partial charge in [-0.15, -0.1) is 0 Å². The topological polar surface area (TPSA) is 74.7 Å². The molecule has 1 heterocycles. The number of benzene rings is 1. The standard InChI is InChI=1S/C12H14ClNO4S/c13-11-3-1-9(2-4-11)7-14-6-5-10(12(14)15)8-19(16,17)18/h1-4,10H,5-8H2,(H,16,17,18)/t10-/m1/s1. The quantitative estimate of drug-likeness (QED) is 0.857. The van der Waals surface area contributed by atoms with Gasteiger partial charge in [0.25, 0.3) is 10.1 Å². The van der Waals surface area contributed by atoms with Crippen LogP contribution in [0.1, 0.15) is 12.0 Å². The van der Waals surface area contributed by atoms with Crippen LogP contribution in [0.5, 0.6) is 0 Å². The fraction of sp³-hybridized carbons (Fsp3) is 0.417. The number of rotatable bonds is 4. The van der Waals surface area contributed by atoms with Gasteiger partial charge >= 0.3 is 0 Å². The van der Waals surface area contributed by atoms with E-state index in [2.05, 4.69) is 0 Å². The van der Waals surface area contributed by atoms with Crippen molar-refractivity contribution in [3.63, 3.8) is 0 Å². The lowest BCUT2D eigenvalue weighted by molar-refractivity contribution is -0.130. The molecule has 104 valence electrons. The fourth-order valence-corrected chi connectivity index (χ4v) is 3.12. The van der Waals surface area contributed by atoms with E-state index < -0.39 is 21.8 Å². The summed E-state index contributed by atoms with van der Waals surface area (Å²) >= 11 is 5.78. The SMILES string of the molecule is O=C1[C@@H](CS(=O)(=O)O)CCN1Cc1ccc(Cl)cc1. The Hall–Kier alpha value is -1.11. The van der Waals surface area contributed by atoms with Gasteiger partial charge in [-0.25, -0.2) is 0 Å². The number of hydrogen-bond donors (Lipinski definition) is 1. The van der Waals surface area contributed by atoms with Crippen molar-refractivity contribution >= 4 is 27.6 Å². The number of halogens is 1. The zero-order chi connectivity index (χ0) is 14.0. The van der Waals surface area contributed by atoms with E-state index in [1.165, 1.54) is 0 Å². The van der Waals surface area contributed by atoms with Crippen LogP contribution in [-0.2, 0) is 21.5 Å². The van der Waals surface area contributed by atoms with E-state index in [4.69, 9.17) is 16.2 Å². The summed E-state index contributed by atoms with van der Waals surface area (Å²) < 4.78 is 30.4. The molecule has 1 amide bonds. The highest BCUT2D eigenvalue weighted by atomic mass is 35.5. The summed E-state index contributed by atoms with van der Waals surface area (Å²) in [6, 6.07) is 7.14. The van der Waals surface area contributed by atoms with Crippen LogP contribution in [0, 0.1) is 5.92 Å². The zero-order valence-corrected chi connectivity index (χ0v) is 11.7. The first-order valence-corrected chi connectivity index (χ1v) is 7.82. The predicted molar refractivity (Wildman–Crippen MR) is 71.4 cm³/mol. The van der Waals surface area contributed by atoms with Crippen LogP contribution in [0.2, 0.25) is 5.02 Å². The van der Waals surface area contributed by atoms with Gasteiger partial charge in [-0.05, 0) is 24.1 Å². The molecule has 19 heavy (non-hydrogen) atoms. The van der Waals surface area contributed by atoms with Gasteiger partial charge in [-0.2, -0.15) is 8.42 Å². The van der Waals surface area contributed by atoms with Crippen molar-refractivity contribution in [2.75, 3.05) is 12.3 Å². The Bertz CT molecular complexity index is 570. The third kappa shape index (κ3) is 3.92. The average Bonchev–Trinajstić information content (AvgIpc) is 2.63. The molecular formula is C12H14ClNO4S. The first-order valence-electron chi connectivity index (χ1n) is 5.83. The summed E-state index contributed by atoms with van der Waals surface area (Å²) in [6.45, 7) is 0.930. The molecule has 7 heteroatoms. The Morgan fingerprint density at radius 2 is 1.95 bits per heavy atom. The Labute approximate surface area is 116 Å². The number of amides is 1. The van der Waals surface area contributed by atoms with Crippen molar-refractivity contribution in [1.82, 2.24) is 4.90 Å². The Morgan fingerprint density at radius 1 is 1.32 bits per heavy atom. The summed E-state index contributed by atoms with van der Waals surface area (Å²) in [5.74, 6) is -1.36. The molecule has 2 rings (SSSR count). The van der Waals surface area contributed by atoms with Gasteiger partial charge in [-0.3, -0.25) is 9.35 Å². The fourth-order valence-electron chi connectivity index (χ4n) is 2.18. The lowest BCUT2D eigenvalue weighted by Gasteiger charge is -2.16. The van der Waals surface area contributed by atoms with Gasteiger partial charge < -0.3 is 4.90 Å². The predicted octanol–water partition coefficient (Wildman–Crippen LogP) is 1.58. The molecule has 1 aromatic rings. The van der Waals surface area contributed by atoms with Crippen LogP contribution >= 0.6 is 11.6 Å². The molecule has 1 aliphatic rings. The van der Waals surface area contributed by atoms with Crippen molar-refractivity contribution in [2.45, 2.75) is 13.0 Å². The summed E-state index contributed by atoms with van der Waals surface area (Å²) in [7, 11) is -4.11. The first kappa shape index (κ1) is 14.3.